The van der Waals surface area contributed by atoms with Crippen LogP contribution in [0, 0.1) is 0 Å². The minimum atomic E-state index is 0.630. The lowest BCUT2D eigenvalue weighted by Crippen LogP contribution is -2.35. The molecule has 1 aromatic carbocycles. The Balaban J connectivity index is 1.71. The van der Waals surface area contributed by atoms with Crippen LogP contribution in [0.3, 0.4) is 0 Å². The maximum absolute atomic E-state index is 5.92. The van der Waals surface area contributed by atoms with Gasteiger partial charge in [-0.3, -0.25) is 4.99 Å². The minimum Gasteiger partial charge on any atom is -0.370 e. The average molecular weight is 266 g/mol. The molecule has 0 aromatic heterocycles. The van der Waals surface area contributed by atoms with Crippen LogP contribution in [0.1, 0.15) is 24.8 Å². The summed E-state index contributed by atoms with van der Waals surface area (Å²) in [5, 5.41) is 0.784. The van der Waals surface area contributed by atoms with Gasteiger partial charge in [0.2, 0.25) is 0 Å². The van der Waals surface area contributed by atoms with Gasteiger partial charge in [-0.05, 0) is 43.4 Å². The molecule has 1 aliphatic carbocycles. The molecule has 1 aromatic rings. The Hall–Kier alpha value is -1.22. The zero-order chi connectivity index (χ0) is 13.0. The van der Waals surface area contributed by atoms with E-state index in [9.17, 15) is 0 Å². The maximum atomic E-state index is 5.92. The predicted octanol–water partition coefficient (Wildman–Crippen LogP) is 2.68. The van der Waals surface area contributed by atoms with Crippen LogP contribution in [0.25, 0.3) is 0 Å². The number of guanidine groups is 1. The van der Waals surface area contributed by atoms with E-state index in [0.29, 0.717) is 12.0 Å². The summed E-state index contributed by atoms with van der Waals surface area (Å²) in [4.78, 5) is 6.50. The lowest BCUT2D eigenvalue weighted by atomic mass is 10.1. The van der Waals surface area contributed by atoms with Gasteiger partial charge in [-0.15, -0.1) is 0 Å². The quantitative estimate of drug-likeness (QED) is 0.505. The highest BCUT2D eigenvalue weighted by molar-refractivity contribution is 6.30. The third kappa shape index (κ3) is 3.91. The summed E-state index contributed by atoms with van der Waals surface area (Å²) in [7, 11) is 2.02. The molecular formula is C14H20ClN3. The Bertz CT molecular complexity index is 410. The number of halogens is 1. The molecule has 2 N–H and O–H groups in total. The van der Waals surface area contributed by atoms with E-state index in [0.717, 1.165) is 24.4 Å². The molecule has 2 rings (SSSR count). The molecule has 0 spiro atoms. The summed E-state index contributed by atoms with van der Waals surface area (Å²) in [6.45, 7) is 0.783. The highest BCUT2D eigenvalue weighted by atomic mass is 35.5. The molecule has 0 heterocycles. The fraction of sp³-hybridized carbons (Fsp3) is 0.500. The van der Waals surface area contributed by atoms with Crippen LogP contribution >= 0.6 is 11.6 Å². The summed E-state index contributed by atoms with van der Waals surface area (Å²) in [6, 6.07) is 8.60. The Kier molecular flexibility index (Phi) is 4.48. The summed E-state index contributed by atoms with van der Waals surface area (Å²) < 4.78 is 0. The molecule has 0 radical (unpaired) electrons. The number of aliphatic imine (C=N–C) groups is 1. The van der Waals surface area contributed by atoms with Gasteiger partial charge in [0.25, 0.3) is 0 Å². The second-order valence-electron chi connectivity index (χ2n) is 4.81. The molecule has 0 aliphatic heterocycles. The first-order valence-corrected chi connectivity index (χ1v) is 6.82. The van der Waals surface area contributed by atoms with Crippen molar-refractivity contribution in [2.75, 3.05) is 13.6 Å². The molecule has 0 atom stereocenters. The van der Waals surface area contributed by atoms with Gasteiger partial charge in [-0.2, -0.15) is 0 Å². The highest BCUT2D eigenvalue weighted by Crippen LogP contribution is 2.24. The molecule has 4 heteroatoms. The van der Waals surface area contributed by atoms with E-state index in [1.165, 1.54) is 18.4 Å². The number of hydrogen-bond acceptors (Lipinski definition) is 1. The molecule has 1 saturated carbocycles. The van der Waals surface area contributed by atoms with Crippen molar-refractivity contribution in [2.45, 2.75) is 31.7 Å². The molecule has 18 heavy (non-hydrogen) atoms. The molecule has 1 fully saturated rings. The van der Waals surface area contributed by atoms with Gasteiger partial charge < -0.3 is 10.6 Å². The third-order valence-electron chi connectivity index (χ3n) is 3.27. The Morgan fingerprint density at radius 2 is 2.06 bits per heavy atom. The summed E-state index contributed by atoms with van der Waals surface area (Å²) in [6.07, 6.45) is 4.52. The van der Waals surface area contributed by atoms with Crippen molar-refractivity contribution in [3.63, 3.8) is 0 Å². The first-order chi connectivity index (χ1) is 8.66. The van der Waals surface area contributed by atoms with Gasteiger partial charge >= 0.3 is 0 Å². The van der Waals surface area contributed by atoms with Crippen LogP contribution in [0.2, 0.25) is 5.02 Å². The Labute approximate surface area is 114 Å². The second-order valence-corrected chi connectivity index (χ2v) is 5.25. The number of nitrogens with zero attached hydrogens (tertiary/aromatic N) is 2. The van der Waals surface area contributed by atoms with Crippen LogP contribution in [0.15, 0.2) is 29.3 Å². The Morgan fingerprint density at radius 3 is 2.67 bits per heavy atom. The fourth-order valence-electron chi connectivity index (χ4n) is 1.89. The van der Waals surface area contributed by atoms with Crippen molar-refractivity contribution >= 4 is 17.6 Å². The molecule has 1 aliphatic rings. The van der Waals surface area contributed by atoms with E-state index in [1.807, 2.05) is 19.2 Å². The summed E-state index contributed by atoms with van der Waals surface area (Å²) >= 11 is 5.84. The standard InChI is InChI=1S/C14H20ClN3/c1-18(13-8-9-13)14(16)17-10-2-3-11-4-6-12(15)7-5-11/h4-7,13H,2-3,8-10H2,1H3,(H2,16,17). The number of nitrogens with two attached hydrogens (primary N) is 1. The zero-order valence-corrected chi connectivity index (χ0v) is 11.5. The van der Waals surface area contributed by atoms with Gasteiger partial charge in [0.05, 0.1) is 0 Å². The molecule has 0 amide bonds. The van der Waals surface area contributed by atoms with Gasteiger partial charge in [0.1, 0.15) is 0 Å². The Morgan fingerprint density at radius 1 is 1.39 bits per heavy atom. The van der Waals surface area contributed by atoms with Gasteiger partial charge in [0.15, 0.2) is 5.96 Å². The van der Waals surface area contributed by atoms with Crippen LogP contribution in [0.4, 0.5) is 0 Å². The summed E-state index contributed by atoms with van der Waals surface area (Å²) in [5.41, 5.74) is 7.21. The first-order valence-electron chi connectivity index (χ1n) is 6.44. The second kappa shape index (κ2) is 6.10. The van der Waals surface area contributed by atoms with Crippen molar-refractivity contribution in [3.8, 4) is 0 Å². The SMILES string of the molecule is CN(C(N)=NCCCc1ccc(Cl)cc1)C1CC1. The van der Waals surface area contributed by atoms with E-state index in [1.54, 1.807) is 0 Å². The van der Waals surface area contributed by atoms with Crippen LogP contribution in [0.5, 0.6) is 0 Å². The normalized spacial score (nSPS) is 15.8. The average Bonchev–Trinajstić information content (AvgIpc) is 3.20. The van der Waals surface area contributed by atoms with E-state index < -0.39 is 0 Å². The van der Waals surface area contributed by atoms with Crippen molar-refractivity contribution in [1.82, 2.24) is 4.90 Å². The number of benzene rings is 1. The number of hydrogen-bond donors (Lipinski definition) is 1. The molecule has 0 unspecified atom stereocenters. The topological polar surface area (TPSA) is 41.6 Å². The van der Waals surface area contributed by atoms with Gasteiger partial charge in [-0.1, -0.05) is 23.7 Å². The van der Waals surface area contributed by atoms with Gasteiger partial charge in [-0.25, -0.2) is 0 Å². The lowest BCUT2D eigenvalue weighted by molar-refractivity contribution is 0.487. The van der Waals surface area contributed by atoms with E-state index in [2.05, 4.69) is 22.0 Å². The highest BCUT2D eigenvalue weighted by Gasteiger charge is 2.27. The predicted molar refractivity (Wildman–Crippen MR) is 77.0 cm³/mol. The van der Waals surface area contributed by atoms with Crippen LogP contribution < -0.4 is 5.73 Å². The van der Waals surface area contributed by atoms with Crippen molar-refractivity contribution in [2.24, 2.45) is 10.7 Å². The lowest BCUT2D eigenvalue weighted by Gasteiger charge is -2.16. The largest absolute Gasteiger partial charge is 0.370 e. The summed E-state index contributed by atoms with van der Waals surface area (Å²) in [5.74, 6) is 0.675. The molecule has 3 nitrogen and oxygen atoms in total. The van der Waals surface area contributed by atoms with Crippen molar-refractivity contribution < 1.29 is 0 Å². The van der Waals surface area contributed by atoms with Crippen LogP contribution in [-0.2, 0) is 6.42 Å². The molecular weight excluding hydrogens is 246 g/mol. The monoisotopic (exact) mass is 265 g/mol. The van der Waals surface area contributed by atoms with Crippen molar-refractivity contribution in [1.29, 1.82) is 0 Å². The van der Waals surface area contributed by atoms with E-state index in [-0.39, 0.29) is 0 Å². The maximum Gasteiger partial charge on any atom is 0.191 e. The smallest absolute Gasteiger partial charge is 0.191 e. The minimum absolute atomic E-state index is 0.630. The zero-order valence-electron chi connectivity index (χ0n) is 10.8. The number of aryl methyl sites for hydroxylation is 1. The molecule has 98 valence electrons. The first kappa shape index (κ1) is 13.2. The molecule has 0 saturated heterocycles. The molecule has 0 bridgehead atoms. The van der Waals surface area contributed by atoms with Crippen LogP contribution in [-0.4, -0.2) is 30.5 Å². The van der Waals surface area contributed by atoms with E-state index >= 15 is 0 Å². The van der Waals surface area contributed by atoms with Gasteiger partial charge in [0, 0.05) is 24.7 Å². The third-order valence-corrected chi connectivity index (χ3v) is 3.52. The van der Waals surface area contributed by atoms with E-state index in [4.69, 9.17) is 17.3 Å². The number of rotatable bonds is 5. The van der Waals surface area contributed by atoms with Crippen molar-refractivity contribution in [3.05, 3.63) is 34.9 Å². The fourth-order valence-corrected chi connectivity index (χ4v) is 2.01.